The third-order valence-corrected chi connectivity index (χ3v) is 6.70. The SMILES string of the molecule is Cc1cccc(NC(=O)N2CCCC(C(=O)N3CCC(C(=O)c4cc(F)ccc4F)CC3)C2)c1. The lowest BCUT2D eigenvalue weighted by Crippen LogP contribution is -2.49. The van der Waals surface area contributed by atoms with Gasteiger partial charge >= 0.3 is 6.03 Å². The molecule has 2 aromatic rings. The summed E-state index contributed by atoms with van der Waals surface area (Å²) in [5, 5.41) is 2.90. The zero-order valence-electron chi connectivity index (χ0n) is 19.2. The van der Waals surface area contributed by atoms with Crippen molar-refractivity contribution in [2.75, 3.05) is 31.5 Å². The maximum atomic E-state index is 14.0. The molecule has 3 amide bonds. The maximum absolute atomic E-state index is 14.0. The Balaban J connectivity index is 1.31. The highest BCUT2D eigenvalue weighted by atomic mass is 19.1. The highest BCUT2D eigenvalue weighted by Crippen LogP contribution is 2.27. The summed E-state index contributed by atoms with van der Waals surface area (Å²) in [6, 6.07) is 10.2. The molecule has 2 saturated heterocycles. The molecule has 2 heterocycles. The van der Waals surface area contributed by atoms with E-state index in [0.717, 1.165) is 35.9 Å². The zero-order valence-corrected chi connectivity index (χ0v) is 19.2. The van der Waals surface area contributed by atoms with E-state index in [9.17, 15) is 23.2 Å². The van der Waals surface area contributed by atoms with Crippen LogP contribution < -0.4 is 5.32 Å². The molecule has 34 heavy (non-hydrogen) atoms. The van der Waals surface area contributed by atoms with E-state index in [1.165, 1.54) is 0 Å². The molecular weight excluding hydrogens is 440 g/mol. The second-order valence-electron chi connectivity index (χ2n) is 9.17. The molecule has 6 nitrogen and oxygen atoms in total. The Morgan fingerprint density at radius 1 is 0.912 bits per heavy atom. The lowest BCUT2D eigenvalue weighted by Gasteiger charge is -2.37. The third kappa shape index (κ3) is 5.43. The lowest BCUT2D eigenvalue weighted by atomic mass is 9.87. The van der Waals surface area contributed by atoms with Gasteiger partial charge in [0.1, 0.15) is 11.6 Å². The zero-order chi connectivity index (χ0) is 24.2. The van der Waals surface area contributed by atoms with Gasteiger partial charge in [-0.2, -0.15) is 0 Å². The van der Waals surface area contributed by atoms with Crippen LogP contribution in [0, 0.1) is 30.4 Å². The van der Waals surface area contributed by atoms with Gasteiger partial charge in [-0.3, -0.25) is 9.59 Å². The minimum Gasteiger partial charge on any atom is -0.342 e. The number of anilines is 1. The second kappa shape index (κ2) is 10.3. The molecule has 2 fully saturated rings. The smallest absolute Gasteiger partial charge is 0.321 e. The van der Waals surface area contributed by atoms with Crippen LogP contribution in [0.2, 0.25) is 0 Å². The standard InChI is InChI=1S/C26H29F2N3O3/c1-17-4-2-6-21(14-17)29-26(34)31-11-3-5-19(16-31)25(33)30-12-9-18(10-13-30)24(32)22-15-20(27)7-8-23(22)28/h2,4,6-8,14-15,18-19H,3,5,9-13,16H2,1H3,(H,29,34). The van der Waals surface area contributed by atoms with Crippen molar-refractivity contribution in [2.24, 2.45) is 11.8 Å². The summed E-state index contributed by atoms with van der Waals surface area (Å²) < 4.78 is 27.5. The van der Waals surface area contributed by atoms with Crippen LogP contribution in [0.1, 0.15) is 41.6 Å². The predicted molar refractivity (Wildman–Crippen MR) is 124 cm³/mol. The first-order valence-corrected chi connectivity index (χ1v) is 11.7. The number of amides is 3. The highest BCUT2D eigenvalue weighted by Gasteiger charge is 2.35. The third-order valence-electron chi connectivity index (χ3n) is 6.70. The molecule has 8 heteroatoms. The van der Waals surface area contributed by atoms with Crippen LogP contribution >= 0.6 is 0 Å². The number of Topliss-reactive ketones (excluding diaryl/α,β-unsaturated/α-hetero) is 1. The minimum atomic E-state index is -0.726. The monoisotopic (exact) mass is 469 g/mol. The van der Waals surface area contributed by atoms with Crippen LogP contribution in [-0.4, -0.2) is 53.7 Å². The second-order valence-corrected chi connectivity index (χ2v) is 9.17. The number of hydrogen-bond donors (Lipinski definition) is 1. The van der Waals surface area contributed by atoms with Gasteiger partial charge < -0.3 is 15.1 Å². The highest BCUT2D eigenvalue weighted by molar-refractivity contribution is 5.98. The number of aryl methyl sites for hydroxylation is 1. The molecule has 4 rings (SSSR count). The number of nitrogens with zero attached hydrogens (tertiary/aromatic N) is 2. The molecule has 0 bridgehead atoms. The Bertz CT molecular complexity index is 1080. The van der Waals surface area contributed by atoms with Gasteiger partial charge in [0.25, 0.3) is 0 Å². The summed E-state index contributed by atoms with van der Waals surface area (Å²) in [6.07, 6.45) is 2.27. The fourth-order valence-corrected chi connectivity index (χ4v) is 4.82. The first kappa shape index (κ1) is 23.9. The van der Waals surface area contributed by atoms with Crippen LogP contribution in [0.3, 0.4) is 0 Å². The molecule has 1 atom stereocenters. The normalized spacial score (nSPS) is 19.1. The summed E-state index contributed by atoms with van der Waals surface area (Å²) in [5.74, 6) is -2.54. The number of nitrogens with one attached hydrogen (secondary N) is 1. The van der Waals surface area contributed by atoms with Crippen molar-refractivity contribution < 1.29 is 23.2 Å². The van der Waals surface area contributed by atoms with Gasteiger partial charge in [0.2, 0.25) is 5.91 Å². The Hall–Kier alpha value is -3.29. The Morgan fingerprint density at radius 3 is 2.41 bits per heavy atom. The lowest BCUT2D eigenvalue weighted by molar-refractivity contribution is -0.138. The number of rotatable bonds is 4. The van der Waals surface area contributed by atoms with E-state index in [-0.39, 0.29) is 23.4 Å². The van der Waals surface area contributed by atoms with E-state index in [1.54, 1.807) is 9.80 Å². The molecule has 2 aliphatic heterocycles. The van der Waals surface area contributed by atoms with E-state index in [0.29, 0.717) is 45.4 Å². The summed E-state index contributed by atoms with van der Waals surface area (Å²) in [5.41, 5.74) is 1.54. The average Bonchev–Trinajstić information content (AvgIpc) is 2.85. The van der Waals surface area contributed by atoms with Crippen LogP contribution in [0.15, 0.2) is 42.5 Å². The maximum Gasteiger partial charge on any atom is 0.321 e. The van der Waals surface area contributed by atoms with E-state index in [1.807, 2.05) is 31.2 Å². The number of ketones is 1. The van der Waals surface area contributed by atoms with E-state index >= 15 is 0 Å². The Labute approximate surface area is 197 Å². The first-order chi connectivity index (χ1) is 16.3. The van der Waals surface area contributed by atoms with Crippen molar-refractivity contribution in [1.29, 1.82) is 0 Å². The van der Waals surface area contributed by atoms with Crippen LogP contribution in [-0.2, 0) is 4.79 Å². The molecular formula is C26H29F2N3O3. The van der Waals surface area contributed by atoms with E-state index in [4.69, 9.17) is 0 Å². The van der Waals surface area contributed by atoms with Crippen molar-refractivity contribution in [2.45, 2.75) is 32.6 Å². The summed E-state index contributed by atoms with van der Waals surface area (Å²) in [6.45, 7) is 3.67. The fraction of sp³-hybridized carbons (Fsp3) is 0.423. The Kier molecular flexibility index (Phi) is 7.24. The number of benzene rings is 2. The minimum absolute atomic E-state index is 0.0177. The average molecular weight is 470 g/mol. The number of hydrogen-bond acceptors (Lipinski definition) is 3. The number of likely N-dealkylation sites (tertiary alicyclic amines) is 2. The van der Waals surface area contributed by atoms with Gasteiger partial charge in [-0.25, -0.2) is 13.6 Å². The predicted octanol–water partition coefficient (Wildman–Crippen LogP) is 4.64. The van der Waals surface area contributed by atoms with Crippen molar-refractivity contribution in [3.05, 3.63) is 65.2 Å². The molecule has 180 valence electrons. The van der Waals surface area contributed by atoms with Crippen molar-refractivity contribution in [3.63, 3.8) is 0 Å². The van der Waals surface area contributed by atoms with Gasteiger partial charge in [-0.15, -0.1) is 0 Å². The molecule has 0 aromatic heterocycles. The molecule has 0 aliphatic carbocycles. The van der Waals surface area contributed by atoms with Gasteiger partial charge in [-0.05, 0) is 68.5 Å². The number of carbonyl (C=O) groups is 3. The molecule has 0 saturated carbocycles. The van der Waals surface area contributed by atoms with Crippen molar-refractivity contribution >= 4 is 23.4 Å². The molecule has 2 aromatic carbocycles. The number of piperidine rings is 2. The van der Waals surface area contributed by atoms with Crippen molar-refractivity contribution in [3.8, 4) is 0 Å². The first-order valence-electron chi connectivity index (χ1n) is 11.7. The number of urea groups is 1. The summed E-state index contributed by atoms with van der Waals surface area (Å²) in [4.78, 5) is 42.0. The summed E-state index contributed by atoms with van der Waals surface area (Å²) in [7, 11) is 0. The van der Waals surface area contributed by atoms with Crippen molar-refractivity contribution in [1.82, 2.24) is 9.80 Å². The van der Waals surface area contributed by atoms with Gasteiger partial charge in [0, 0.05) is 37.8 Å². The quantitative estimate of drug-likeness (QED) is 0.664. The van der Waals surface area contributed by atoms with E-state index < -0.39 is 23.3 Å². The number of halogens is 2. The molecule has 1 unspecified atom stereocenters. The Morgan fingerprint density at radius 2 is 1.68 bits per heavy atom. The molecule has 0 radical (unpaired) electrons. The van der Waals surface area contributed by atoms with Gasteiger partial charge in [0.15, 0.2) is 5.78 Å². The summed E-state index contributed by atoms with van der Waals surface area (Å²) >= 11 is 0. The van der Waals surface area contributed by atoms with E-state index in [2.05, 4.69) is 5.32 Å². The molecule has 0 spiro atoms. The molecule has 1 N–H and O–H groups in total. The van der Waals surface area contributed by atoms with Crippen LogP contribution in [0.5, 0.6) is 0 Å². The van der Waals surface area contributed by atoms with Gasteiger partial charge in [-0.1, -0.05) is 12.1 Å². The largest absolute Gasteiger partial charge is 0.342 e. The fourth-order valence-electron chi connectivity index (χ4n) is 4.82. The topological polar surface area (TPSA) is 69.7 Å². The van der Waals surface area contributed by atoms with Crippen LogP contribution in [0.4, 0.5) is 19.3 Å². The number of carbonyl (C=O) groups excluding carboxylic acids is 3. The van der Waals surface area contributed by atoms with Crippen LogP contribution in [0.25, 0.3) is 0 Å². The molecule has 2 aliphatic rings. The van der Waals surface area contributed by atoms with Gasteiger partial charge in [0.05, 0.1) is 11.5 Å².